The van der Waals surface area contributed by atoms with Gasteiger partial charge in [-0.25, -0.2) is 9.78 Å². The Morgan fingerprint density at radius 2 is 1.77 bits per heavy atom. The van der Waals surface area contributed by atoms with Crippen LogP contribution in [-0.2, 0) is 9.53 Å². The Hall–Kier alpha value is -4.03. The lowest BCUT2D eigenvalue weighted by molar-refractivity contribution is -0.140. The van der Waals surface area contributed by atoms with Crippen LogP contribution in [0.5, 0.6) is 0 Å². The maximum atomic E-state index is 14.9. The number of likely N-dealkylation sites (tertiary alicyclic amines) is 1. The Bertz CT molecular complexity index is 1420. The van der Waals surface area contributed by atoms with Crippen molar-refractivity contribution >= 4 is 41.0 Å². The third kappa shape index (κ3) is 6.86. The number of carbonyl (C=O) groups is 3. The van der Waals surface area contributed by atoms with E-state index in [1.54, 1.807) is 28.0 Å². The SMILES string of the molecule is Cc1cc(C(=O)NC2CCN(C(=O)OC(C)(C)C)CC2)ccc1Nc1ncc2c(n1)N(C1CCCC1)CC(F)(F)C(=O)N2C. The van der Waals surface area contributed by atoms with E-state index in [9.17, 15) is 23.2 Å². The van der Waals surface area contributed by atoms with Gasteiger partial charge in [-0.05, 0) is 77.1 Å². The van der Waals surface area contributed by atoms with Gasteiger partial charge in [0, 0.05) is 43.5 Å². The van der Waals surface area contributed by atoms with Crippen molar-refractivity contribution in [3.8, 4) is 0 Å². The second kappa shape index (κ2) is 12.2. The van der Waals surface area contributed by atoms with Crippen LogP contribution < -0.4 is 20.4 Å². The number of hydrogen-bond acceptors (Lipinski definition) is 8. The molecule has 2 fully saturated rings. The van der Waals surface area contributed by atoms with Crippen molar-refractivity contribution in [3.63, 3.8) is 0 Å². The van der Waals surface area contributed by atoms with Gasteiger partial charge < -0.3 is 30.1 Å². The minimum absolute atomic E-state index is 0.0625. The van der Waals surface area contributed by atoms with Gasteiger partial charge in [-0.15, -0.1) is 0 Å². The van der Waals surface area contributed by atoms with E-state index in [1.807, 2.05) is 27.7 Å². The largest absolute Gasteiger partial charge is 0.444 e. The molecule has 0 spiro atoms. The van der Waals surface area contributed by atoms with Crippen molar-refractivity contribution in [2.24, 2.45) is 0 Å². The van der Waals surface area contributed by atoms with Gasteiger partial charge >= 0.3 is 12.0 Å². The average Bonchev–Trinajstić information content (AvgIpc) is 3.48. The molecule has 2 aromatic rings. The fourth-order valence-electron chi connectivity index (χ4n) is 5.97. The number of nitrogens with zero attached hydrogens (tertiary/aromatic N) is 5. The highest BCUT2D eigenvalue weighted by molar-refractivity contribution is 6.02. The Morgan fingerprint density at radius 3 is 2.41 bits per heavy atom. The topological polar surface area (TPSA) is 120 Å². The zero-order valence-electron chi connectivity index (χ0n) is 26.0. The number of aromatic nitrogens is 2. The zero-order valence-corrected chi connectivity index (χ0v) is 26.0. The highest BCUT2D eigenvalue weighted by Gasteiger charge is 2.48. The number of carbonyl (C=O) groups excluding carboxylic acids is 3. The molecule has 5 rings (SSSR count). The molecule has 238 valence electrons. The number of hydrogen-bond donors (Lipinski definition) is 2. The summed E-state index contributed by atoms with van der Waals surface area (Å²) in [5, 5.41) is 6.22. The van der Waals surface area contributed by atoms with Crippen LogP contribution in [0.25, 0.3) is 0 Å². The maximum absolute atomic E-state index is 14.9. The van der Waals surface area contributed by atoms with E-state index in [1.165, 1.54) is 13.2 Å². The molecule has 2 N–H and O–H groups in total. The fourth-order valence-corrected chi connectivity index (χ4v) is 5.97. The maximum Gasteiger partial charge on any atom is 0.410 e. The number of halogens is 2. The molecule has 1 saturated carbocycles. The molecule has 0 radical (unpaired) electrons. The minimum Gasteiger partial charge on any atom is -0.444 e. The van der Waals surface area contributed by atoms with Gasteiger partial charge in [-0.1, -0.05) is 12.8 Å². The number of ether oxygens (including phenoxy) is 1. The Morgan fingerprint density at radius 1 is 1.09 bits per heavy atom. The summed E-state index contributed by atoms with van der Waals surface area (Å²) in [7, 11) is 1.32. The molecule has 1 saturated heterocycles. The third-order valence-electron chi connectivity index (χ3n) is 8.35. The van der Waals surface area contributed by atoms with Crippen molar-refractivity contribution in [2.45, 2.75) is 89.8 Å². The summed E-state index contributed by atoms with van der Waals surface area (Å²) >= 11 is 0. The summed E-state index contributed by atoms with van der Waals surface area (Å²) in [5.41, 5.74) is 1.59. The number of alkyl halides is 2. The fraction of sp³-hybridized carbons (Fsp3) is 0.581. The Labute approximate surface area is 256 Å². The van der Waals surface area contributed by atoms with Crippen molar-refractivity contribution in [2.75, 3.05) is 41.8 Å². The number of amides is 3. The van der Waals surface area contributed by atoms with Crippen LogP contribution in [0, 0.1) is 6.92 Å². The second-order valence-electron chi connectivity index (χ2n) is 12.9. The van der Waals surface area contributed by atoms with E-state index in [2.05, 4.69) is 20.6 Å². The van der Waals surface area contributed by atoms with E-state index in [0.29, 0.717) is 43.0 Å². The van der Waals surface area contributed by atoms with Crippen LogP contribution >= 0.6 is 0 Å². The smallest absolute Gasteiger partial charge is 0.410 e. The molecule has 0 atom stereocenters. The molecule has 3 heterocycles. The lowest BCUT2D eigenvalue weighted by Crippen LogP contribution is -2.48. The first-order valence-electron chi connectivity index (χ1n) is 15.2. The molecule has 3 aliphatic rings. The van der Waals surface area contributed by atoms with Crippen molar-refractivity contribution in [3.05, 3.63) is 35.5 Å². The van der Waals surface area contributed by atoms with E-state index in [4.69, 9.17) is 4.74 Å². The Kier molecular flexibility index (Phi) is 8.68. The zero-order chi connectivity index (χ0) is 31.8. The predicted octanol–water partition coefficient (Wildman–Crippen LogP) is 5.02. The number of benzene rings is 1. The quantitative estimate of drug-likeness (QED) is 0.483. The first-order valence-corrected chi connectivity index (χ1v) is 15.2. The molecule has 1 aromatic heterocycles. The van der Waals surface area contributed by atoms with E-state index in [0.717, 1.165) is 36.1 Å². The standard InChI is InChI=1S/C31H41F2N7O4/c1-19-16-20(26(41)35-21-12-14-39(15-13-21)29(43)44-30(2,3)4)10-11-23(19)36-28-34-17-24-25(37-28)40(22-8-6-7-9-22)18-31(32,33)27(42)38(24)5/h10-11,16-17,21-22H,6-9,12-15,18H2,1-5H3,(H,35,41)(H,34,36,37). The van der Waals surface area contributed by atoms with Gasteiger partial charge in [-0.3, -0.25) is 9.59 Å². The van der Waals surface area contributed by atoms with Crippen molar-refractivity contribution in [1.29, 1.82) is 0 Å². The summed E-state index contributed by atoms with van der Waals surface area (Å²) in [6, 6.07) is 5.01. The molecule has 0 unspecified atom stereocenters. The predicted molar refractivity (Wildman–Crippen MR) is 163 cm³/mol. The second-order valence-corrected chi connectivity index (χ2v) is 12.9. The van der Waals surface area contributed by atoms with Crippen LogP contribution in [0.15, 0.2) is 24.4 Å². The summed E-state index contributed by atoms with van der Waals surface area (Å²) in [5.74, 6) is -4.53. The number of piperidine rings is 1. The molecule has 1 aromatic carbocycles. The van der Waals surface area contributed by atoms with Crippen LogP contribution in [0.3, 0.4) is 0 Å². The summed E-state index contributed by atoms with van der Waals surface area (Å²) in [4.78, 5) is 51.0. The van der Waals surface area contributed by atoms with Crippen LogP contribution in [-0.4, -0.2) is 83.1 Å². The van der Waals surface area contributed by atoms with Gasteiger partial charge in [0.2, 0.25) is 5.95 Å². The first-order chi connectivity index (χ1) is 20.7. The van der Waals surface area contributed by atoms with E-state index in [-0.39, 0.29) is 35.7 Å². The first kappa shape index (κ1) is 31.4. The lowest BCUT2D eigenvalue weighted by Gasteiger charge is -2.33. The van der Waals surface area contributed by atoms with Crippen LogP contribution in [0.1, 0.15) is 75.2 Å². The minimum atomic E-state index is -3.55. The monoisotopic (exact) mass is 613 g/mol. The number of nitrogens with one attached hydrogen (secondary N) is 2. The van der Waals surface area contributed by atoms with Gasteiger partial charge in [0.25, 0.3) is 11.8 Å². The molecule has 2 aliphatic heterocycles. The van der Waals surface area contributed by atoms with E-state index >= 15 is 0 Å². The third-order valence-corrected chi connectivity index (χ3v) is 8.35. The number of fused-ring (bicyclic) bond motifs is 1. The van der Waals surface area contributed by atoms with Gasteiger partial charge in [-0.2, -0.15) is 13.8 Å². The molecule has 44 heavy (non-hydrogen) atoms. The van der Waals surface area contributed by atoms with Gasteiger partial charge in [0.1, 0.15) is 11.3 Å². The molecular weight excluding hydrogens is 572 g/mol. The summed E-state index contributed by atoms with van der Waals surface area (Å²) in [6.07, 6.45) is 5.70. The molecule has 3 amide bonds. The lowest BCUT2D eigenvalue weighted by atomic mass is 10.0. The molecule has 13 heteroatoms. The average molecular weight is 614 g/mol. The molecular formula is C31H41F2N7O4. The van der Waals surface area contributed by atoms with Crippen LogP contribution in [0.2, 0.25) is 0 Å². The summed E-state index contributed by atoms with van der Waals surface area (Å²) < 4.78 is 35.2. The normalized spacial score (nSPS) is 19.4. The number of anilines is 4. The van der Waals surface area contributed by atoms with Crippen LogP contribution in [0.4, 0.5) is 36.7 Å². The highest BCUT2D eigenvalue weighted by Crippen LogP contribution is 2.39. The van der Waals surface area contributed by atoms with Crippen molar-refractivity contribution in [1.82, 2.24) is 20.2 Å². The molecule has 0 bridgehead atoms. The summed E-state index contributed by atoms with van der Waals surface area (Å²) in [6.45, 7) is 7.62. The van der Waals surface area contributed by atoms with E-state index < -0.39 is 24.0 Å². The Balaban J connectivity index is 1.26. The van der Waals surface area contributed by atoms with Gasteiger partial charge in [0.15, 0.2) is 5.82 Å². The van der Waals surface area contributed by atoms with Crippen molar-refractivity contribution < 1.29 is 27.9 Å². The molecule has 11 nitrogen and oxygen atoms in total. The highest BCUT2D eigenvalue weighted by atomic mass is 19.3. The van der Waals surface area contributed by atoms with Gasteiger partial charge in [0.05, 0.1) is 12.7 Å². The number of rotatable bonds is 5. The number of aryl methyl sites for hydroxylation is 1. The molecule has 1 aliphatic carbocycles.